The van der Waals surface area contributed by atoms with Gasteiger partial charge < -0.3 is 20.3 Å². The van der Waals surface area contributed by atoms with E-state index in [-0.39, 0.29) is 17.2 Å². The van der Waals surface area contributed by atoms with Crippen LogP contribution in [0.15, 0.2) is 42.5 Å². The van der Waals surface area contributed by atoms with Gasteiger partial charge in [-0.25, -0.2) is 0 Å². The molecule has 2 aromatic rings. The van der Waals surface area contributed by atoms with Crippen molar-refractivity contribution < 1.29 is 19.2 Å². The lowest BCUT2D eigenvalue weighted by Crippen LogP contribution is -2.37. The second-order valence-corrected chi connectivity index (χ2v) is 6.27. The lowest BCUT2D eigenvalue weighted by Gasteiger charge is -2.30. The van der Waals surface area contributed by atoms with Gasteiger partial charge in [-0.2, -0.15) is 0 Å². The second-order valence-electron chi connectivity index (χ2n) is 6.27. The number of anilines is 3. The first kappa shape index (κ1) is 19.3. The molecule has 0 radical (unpaired) electrons. The highest BCUT2D eigenvalue weighted by Crippen LogP contribution is 2.27. The van der Waals surface area contributed by atoms with Gasteiger partial charge in [-0.05, 0) is 24.3 Å². The summed E-state index contributed by atoms with van der Waals surface area (Å²) in [6.45, 7) is 3.63. The molecule has 0 aliphatic carbocycles. The molecule has 0 spiro atoms. The van der Waals surface area contributed by atoms with Crippen molar-refractivity contribution in [3.63, 3.8) is 0 Å². The van der Waals surface area contributed by atoms with Crippen molar-refractivity contribution in [2.75, 3.05) is 41.8 Å². The number of nitro groups is 1. The van der Waals surface area contributed by atoms with Crippen LogP contribution in [0.3, 0.4) is 0 Å². The number of rotatable bonds is 5. The molecule has 0 unspecified atom stereocenters. The van der Waals surface area contributed by atoms with E-state index >= 15 is 0 Å². The fourth-order valence-corrected chi connectivity index (χ4v) is 2.98. The molecule has 1 aliphatic heterocycles. The summed E-state index contributed by atoms with van der Waals surface area (Å²) in [4.78, 5) is 36.7. The van der Waals surface area contributed by atoms with Crippen molar-refractivity contribution in [3.8, 4) is 0 Å². The number of hydrogen-bond acceptors (Lipinski definition) is 6. The molecule has 9 heteroatoms. The average Bonchev–Trinajstić information content (AvgIpc) is 2.68. The number of amides is 2. The minimum atomic E-state index is -0.530. The second kappa shape index (κ2) is 8.49. The van der Waals surface area contributed by atoms with Gasteiger partial charge in [0.05, 0.1) is 29.4 Å². The molecule has 0 saturated carbocycles. The maximum atomic E-state index is 12.9. The summed E-state index contributed by atoms with van der Waals surface area (Å²) < 4.78 is 5.34. The van der Waals surface area contributed by atoms with E-state index in [4.69, 9.17) is 4.74 Å². The first-order valence-corrected chi connectivity index (χ1v) is 8.74. The summed E-state index contributed by atoms with van der Waals surface area (Å²) in [6, 6.07) is 10.9. The van der Waals surface area contributed by atoms with Crippen molar-refractivity contribution in [1.82, 2.24) is 0 Å². The topological polar surface area (TPSA) is 114 Å². The molecule has 2 N–H and O–H groups in total. The van der Waals surface area contributed by atoms with E-state index in [1.807, 2.05) is 4.90 Å². The number of nitrogens with zero attached hydrogens (tertiary/aromatic N) is 2. The lowest BCUT2D eigenvalue weighted by molar-refractivity contribution is -0.384. The Kier molecular flexibility index (Phi) is 5.85. The van der Waals surface area contributed by atoms with Gasteiger partial charge >= 0.3 is 0 Å². The molecule has 1 saturated heterocycles. The first-order chi connectivity index (χ1) is 13.4. The van der Waals surface area contributed by atoms with E-state index in [1.165, 1.54) is 19.1 Å². The summed E-state index contributed by atoms with van der Waals surface area (Å²) in [7, 11) is 0. The molecule has 1 fully saturated rings. The molecule has 2 aromatic carbocycles. The SMILES string of the molecule is CC(=O)Nc1cccc(NC(=O)c2cc([N+](=O)[O-])ccc2N2CCOCC2)c1. The van der Waals surface area contributed by atoms with Crippen LogP contribution in [-0.2, 0) is 9.53 Å². The van der Waals surface area contributed by atoms with E-state index in [0.717, 1.165) is 0 Å². The van der Waals surface area contributed by atoms with E-state index in [0.29, 0.717) is 43.4 Å². The van der Waals surface area contributed by atoms with E-state index < -0.39 is 10.8 Å². The Morgan fingerprint density at radius 2 is 1.75 bits per heavy atom. The van der Waals surface area contributed by atoms with Gasteiger partial charge in [-0.1, -0.05) is 6.07 Å². The van der Waals surface area contributed by atoms with Crippen molar-refractivity contribution >= 4 is 34.6 Å². The smallest absolute Gasteiger partial charge is 0.270 e. The number of morpholine rings is 1. The molecule has 9 nitrogen and oxygen atoms in total. The predicted octanol–water partition coefficient (Wildman–Crippen LogP) is 2.64. The predicted molar refractivity (Wildman–Crippen MR) is 105 cm³/mol. The molecule has 2 amide bonds. The zero-order valence-electron chi connectivity index (χ0n) is 15.3. The van der Waals surface area contributed by atoms with Crippen molar-refractivity contribution in [1.29, 1.82) is 0 Å². The normalized spacial score (nSPS) is 13.7. The number of non-ortho nitro benzene ring substituents is 1. The Morgan fingerprint density at radius 1 is 1.07 bits per heavy atom. The maximum Gasteiger partial charge on any atom is 0.270 e. The van der Waals surface area contributed by atoms with Gasteiger partial charge in [0.15, 0.2) is 0 Å². The van der Waals surface area contributed by atoms with Crippen LogP contribution in [-0.4, -0.2) is 43.0 Å². The number of carbonyl (C=O) groups is 2. The van der Waals surface area contributed by atoms with Crippen LogP contribution in [0.4, 0.5) is 22.7 Å². The maximum absolute atomic E-state index is 12.9. The third kappa shape index (κ3) is 4.63. The minimum Gasteiger partial charge on any atom is -0.378 e. The number of nitrogens with one attached hydrogen (secondary N) is 2. The van der Waals surface area contributed by atoms with Crippen LogP contribution in [0.25, 0.3) is 0 Å². The number of ether oxygens (including phenoxy) is 1. The third-order valence-electron chi connectivity index (χ3n) is 4.23. The molecule has 1 heterocycles. The van der Waals surface area contributed by atoms with E-state index in [9.17, 15) is 19.7 Å². The number of benzene rings is 2. The fraction of sp³-hybridized carbons (Fsp3) is 0.263. The van der Waals surface area contributed by atoms with Gasteiger partial charge in [0.1, 0.15) is 0 Å². The fourth-order valence-electron chi connectivity index (χ4n) is 2.98. The number of carbonyl (C=O) groups excluding carboxylic acids is 2. The molecule has 0 bridgehead atoms. The lowest BCUT2D eigenvalue weighted by atomic mass is 10.1. The molecule has 146 valence electrons. The highest BCUT2D eigenvalue weighted by molar-refractivity contribution is 6.09. The molecular weight excluding hydrogens is 364 g/mol. The Balaban J connectivity index is 1.89. The van der Waals surface area contributed by atoms with Gasteiger partial charge in [-0.15, -0.1) is 0 Å². The summed E-state index contributed by atoms with van der Waals surface area (Å²) in [5.74, 6) is -0.693. The zero-order valence-corrected chi connectivity index (χ0v) is 15.3. The van der Waals surface area contributed by atoms with Crippen LogP contribution in [0.1, 0.15) is 17.3 Å². The molecule has 0 atom stereocenters. The standard InChI is InChI=1S/C19H20N4O5/c1-13(24)20-14-3-2-4-15(11-14)21-19(25)17-12-16(23(26)27)5-6-18(17)22-7-9-28-10-8-22/h2-6,11-12H,7-10H2,1H3,(H,20,24)(H,21,25). The van der Waals surface area contributed by atoms with Gasteiger partial charge in [0.25, 0.3) is 11.6 Å². The van der Waals surface area contributed by atoms with Crippen LogP contribution in [0.5, 0.6) is 0 Å². The van der Waals surface area contributed by atoms with Crippen molar-refractivity contribution in [2.45, 2.75) is 6.92 Å². The van der Waals surface area contributed by atoms with Crippen LogP contribution in [0, 0.1) is 10.1 Å². The van der Waals surface area contributed by atoms with Crippen LogP contribution in [0.2, 0.25) is 0 Å². The quantitative estimate of drug-likeness (QED) is 0.605. The summed E-state index contributed by atoms with van der Waals surface area (Å²) in [5, 5.41) is 16.6. The van der Waals surface area contributed by atoms with Gasteiger partial charge in [-0.3, -0.25) is 19.7 Å². The molecule has 28 heavy (non-hydrogen) atoms. The van der Waals surface area contributed by atoms with E-state index in [2.05, 4.69) is 10.6 Å². The summed E-state index contributed by atoms with van der Waals surface area (Å²) in [6.07, 6.45) is 0. The minimum absolute atomic E-state index is 0.158. The van der Waals surface area contributed by atoms with E-state index in [1.54, 1.807) is 30.3 Å². The van der Waals surface area contributed by atoms with Gasteiger partial charge in [0.2, 0.25) is 5.91 Å². The highest BCUT2D eigenvalue weighted by Gasteiger charge is 2.22. The number of hydrogen-bond donors (Lipinski definition) is 2. The molecule has 1 aliphatic rings. The highest BCUT2D eigenvalue weighted by atomic mass is 16.6. The number of nitro benzene ring substituents is 1. The zero-order chi connectivity index (χ0) is 20.1. The van der Waals surface area contributed by atoms with Crippen molar-refractivity contribution in [3.05, 3.63) is 58.1 Å². The average molecular weight is 384 g/mol. The summed E-state index contributed by atoms with van der Waals surface area (Å²) in [5.41, 5.74) is 1.67. The molecule has 3 rings (SSSR count). The Bertz CT molecular complexity index is 909. The monoisotopic (exact) mass is 384 g/mol. The Morgan fingerprint density at radius 3 is 2.39 bits per heavy atom. The van der Waals surface area contributed by atoms with Crippen LogP contribution >= 0.6 is 0 Å². The summed E-state index contributed by atoms with van der Waals surface area (Å²) >= 11 is 0. The molecule has 0 aromatic heterocycles. The van der Waals surface area contributed by atoms with Crippen LogP contribution < -0.4 is 15.5 Å². The largest absolute Gasteiger partial charge is 0.378 e. The Hall–Kier alpha value is -3.46. The Labute approximate surface area is 161 Å². The third-order valence-corrected chi connectivity index (χ3v) is 4.23. The van der Waals surface area contributed by atoms with Gasteiger partial charge in [0, 0.05) is 43.5 Å². The first-order valence-electron chi connectivity index (χ1n) is 8.74. The van der Waals surface area contributed by atoms with Crippen molar-refractivity contribution in [2.24, 2.45) is 0 Å². The molecular formula is C19H20N4O5.